The van der Waals surface area contributed by atoms with Gasteiger partial charge in [0, 0.05) is 29.7 Å². The Morgan fingerprint density at radius 1 is 1.14 bits per heavy atom. The van der Waals surface area contributed by atoms with Gasteiger partial charge in [-0.15, -0.1) is 0 Å². The van der Waals surface area contributed by atoms with E-state index in [1.165, 1.54) is 0 Å². The molecule has 0 unspecified atom stereocenters. The molecule has 1 aromatic carbocycles. The number of carbonyl (C=O) groups is 1. The van der Waals surface area contributed by atoms with Crippen LogP contribution in [0.15, 0.2) is 24.4 Å². The average Bonchev–Trinajstić information content (AvgIpc) is 2.74. The number of aromatic nitrogens is 2. The fourth-order valence-corrected chi connectivity index (χ4v) is 4.37. The third-order valence-corrected chi connectivity index (χ3v) is 6.24. The van der Waals surface area contributed by atoms with E-state index in [2.05, 4.69) is 20.6 Å². The van der Waals surface area contributed by atoms with Crippen LogP contribution in [0.25, 0.3) is 10.9 Å². The van der Waals surface area contributed by atoms with E-state index in [-0.39, 0.29) is 24.6 Å². The van der Waals surface area contributed by atoms with Gasteiger partial charge in [0.2, 0.25) is 5.95 Å². The quantitative estimate of drug-likeness (QED) is 0.617. The molecule has 1 amide bonds. The van der Waals surface area contributed by atoms with Crippen LogP contribution in [-0.2, 0) is 0 Å². The highest BCUT2D eigenvalue weighted by Crippen LogP contribution is 2.27. The molecule has 0 saturated heterocycles. The van der Waals surface area contributed by atoms with Crippen molar-refractivity contribution in [3.8, 4) is 0 Å². The highest BCUT2D eigenvalue weighted by molar-refractivity contribution is 5.97. The first-order valence-corrected chi connectivity index (χ1v) is 10.7. The first-order chi connectivity index (χ1) is 14.0. The molecule has 1 heterocycles. The lowest BCUT2D eigenvalue weighted by atomic mass is 9.85. The fourth-order valence-electron chi connectivity index (χ4n) is 4.37. The van der Waals surface area contributed by atoms with Crippen molar-refractivity contribution in [1.29, 1.82) is 0 Å². The van der Waals surface area contributed by atoms with Gasteiger partial charge >= 0.3 is 0 Å². The van der Waals surface area contributed by atoms with Gasteiger partial charge in [0.15, 0.2) is 0 Å². The summed E-state index contributed by atoms with van der Waals surface area (Å²) in [7, 11) is 0. The highest BCUT2D eigenvalue weighted by atomic mass is 16.3. The second-order valence-electron chi connectivity index (χ2n) is 8.58. The van der Waals surface area contributed by atoms with E-state index in [0.29, 0.717) is 17.0 Å². The summed E-state index contributed by atoms with van der Waals surface area (Å²) in [6, 6.07) is 5.65. The Bertz CT molecular complexity index is 858. The summed E-state index contributed by atoms with van der Waals surface area (Å²) in [4.78, 5) is 21.6. The number of benzene rings is 1. The second kappa shape index (κ2) is 8.63. The van der Waals surface area contributed by atoms with Gasteiger partial charge in [-0.1, -0.05) is 25.3 Å². The molecule has 2 fully saturated rings. The minimum Gasteiger partial charge on any atom is -0.393 e. The number of nitrogens with one attached hydrogen (secondary N) is 2. The predicted octanol–water partition coefficient (Wildman–Crippen LogP) is 2.77. The van der Waals surface area contributed by atoms with Crippen molar-refractivity contribution in [2.75, 3.05) is 11.9 Å². The van der Waals surface area contributed by atoms with Crippen molar-refractivity contribution in [2.45, 2.75) is 75.5 Å². The Morgan fingerprint density at radius 3 is 2.66 bits per heavy atom. The number of fused-ring (bicyclic) bond motifs is 1. The van der Waals surface area contributed by atoms with Crippen LogP contribution in [0, 0.1) is 0 Å². The van der Waals surface area contributed by atoms with Crippen molar-refractivity contribution in [3.63, 3.8) is 0 Å². The molecular weight excluding hydrogens is 368 g/mol. The van der Waals surface area contributed by atoms with Gasteiger partial charge < -0.3 is 20.8 Å². The summed E-state index contributed by atoms with van der Waals surface area (Å²) in [6.45, 7) is 0.286. The lowest BCUT2D eigenvalue weighted by Gasteiger charge is -2.32. The summed E-state index contributed by atoms with van der Waals surface area (Å²) in [5.74, 6) is 0.355. The summed E-state index contributed by atoms with van der Waals surface area (Å²) in [5.41, 5.74) is 0.460. The molecule has 0 bridgehead atoms. The monoisotopic (exact) mass is 398 g/mol. The first-order valence-electron chi connectivity index (χ1n) is 10.7. The van der Waals surface area contributed by atoms with Crippen LogP contribution in [-0.4, -0.2) is 50.4 Å². The maximum absolute atomic E-state index is 12.6. The Hall–Kier alpha value is -2.25. The number of carbonyl (C=O) groups excluding carboxylic acids is 1. The number of hydrogen-bond acceptors (Lipinski definition) is 6. The lowest BCUT2D eigenvalue weighted by Crippen LogP contribution is -2.44. The Labute approximate surface area is 170 Å². The number of aliphatic hydroxyl groups excluding tert-OH is 1. The van der Waals surface area contributed by atoms with Crippen molar-refractivity contribution >= 4 is 22.8 Å². The molecule has 4 rings (SSSR count). The number of hydrogen-bond donors (Lipinski definition) is 4. The molecule has 7 heteroatoms. The van der Waals surface area contributed by atoms with Crippen LogP contribution in [0.3, 0.4) is 0 Å². The largest absolute Gasteiger partial charge is 0.393 e. The molecule has 2 saturated carbocycles. The summed E-state index contributed by atoms with van der Waals surface area (Å²) in [6.07, 6.45) is 9.60. The molecule has 2 aromatic rings. The van der Waals surface area contributed by atoms with Crippen LogP contribution < -0.4 is 10.6 Å². The van der Waals surface area contributed by atoms with Crippen LogP contribution in [0.1, 0.15) is 68.1 Å². The van der Waals surface area contributed by atoms with Crippen molar-refractivity contribution in [2.24, 2.45) is 0 Å². The zero-order chi connectivity index (χ0) is 20.3. The van der Waals surface area contributed by atoms with E-state index in [0.717, 1.165) is 63.2 Å². The molecule has 4 N–H and O–H groups in total. The SMILES string of the molecule is O=C(NCC1(O)CCCCC1)c1ccc2cnc(N[C@H]3CC[C@H](O)CC3)nc2c1. The molecule has 0 radical (unpaired) electrons. The van der Waals surface area contributed by atoms with Gasteiger partial charge in [0.05, 0.1) is 17.2 Å². The van der Waals surface area contributed by atoms with Gasteiger partial charge in [-0.25, -0.2) is 9.97 Å². The Morgan fingerprint density at radius 2 is 1.90 bits per heavy atom. The minimum atomic E-state index is -0.780. The number of amides is 1. The smallest absolute Gasteiger partial charge is 0.251 e. The molecule has 156 valence electrons. The Balaban J connectivity index is 1.42. The normalized spacial score (nSPS) is 24.2. The highest BCUT2D eigenvalue weighted by Gasteiger charge is 2.29. The number of aliphatic hydroxyl groups is 2. The maximum Gasteiger partial charge on any atom is 0.251 e. The van der Waals surface area contributed by atoms with E-state index < -0.39 is 5.60 Å². The van der Waals surface area contributed by atoms with Crippen LogP contribution in [0.4, 0.5) is 5.95 Å². The molecule has 29 heavy (non-hydrogen) atoms. The molecule has 2 aliphatic carbocycles. The lowest BCUT2D eigenvalue weighted by molar-refractivity contribution is 0.00526. The molecule has 0 spiro atoms. The van der Waals surface area contributed by atoms with Gasteiger partial charge in [0.25, 0.3) is 5.91 Å². The van der Waals surface area contributed by atoms with E-state index in [1.54, 1.807) is 18.3 Å². The predicted molar refractivity (Wildman–Crippen MR) is 112 cm³/mol. The number of rotatable bonds is 5. The third kappa shape index (κ3) is 5.03. The average molecular weight is 399 g/mol. The molecule has 0 aliphatic heterocycles. The van der Waals surface area contributed by atoms with E-state index in [4.69, 9.17) is 0 Å². The van der Waals surface area contributed by atoms with Gasteiger partial charge in [-0.3, -0.25) is 4.79 Å². The van der Waals surface area contributed by atoms with Gasteiger partial charge in [-0.2, -0.15) is 0 Å². The first kappa shape index (κ1) is 20.0. The second-order valence-corrected chi connectivity index (χ2v) is 8.58. The van der Waals surface area contributed by atoms with E-state index in [9.17, 15) is 15.0 Å². The summed E-state index contributed by atoms with van der Waals surface area (Å²) in [5, 5.41) is 27.3. The Kier molecular flexibility index (Phi) is 5.96. The van der Waals surface area contributed by atoms with E-state index >= 15 is 0 Å². The molecule has 1 aromatic heterocycles. The topological polar surface area (TPSA) is 107 Å². The van der Waals surface area contributed by atoms with Crippen LogP contribution >= 0.6 is 0 Å². The van der Waals surface area contributed by atoms with Gasteiger partial charge in [-0.05, 0) is 50.7 Å². The van der Waals surface area contributed by atoms with Crippen molar-refractivity contribution < 1.29 is 15.0 Å². The minimum absolute atomic E-state index is 0.194. The van der Waals surface area contributed by atoms with E-state index in [1.807, 2.05) is 6.07 Å². The molecule has 0 atom stereocenters. The van der Waals surface area contributed by atoms with Crippen LogP contribution in [0.5, 0.6) is 0 Å². The summed E-state index contributed by atoms with van der Waals surface area (Å²) >= 11 is 0. The maximum atomic E-state index is 12.6. The number of nitrogens with zero attached hydrogens (tertiary/aromatic N) is 2. The zero-order valence-electron chi connectivity index (χ0n) is 16.7. The van der Waals surface area contributed by atoms with Gasteiger partial charge in [0.1, 0.15) is 0 Å². The molecular formula is C22H30N4O3. The number of anilines is 1. The van der Waals surface area contributed by atoms with Crippen molar-refractivity contribution in [3.05, 3.63) is 30.0 Å². The zero-order valence-corrected chi connectivity index (χ0v) is 16.7. The van der Waals surface area contributed by atoms with Crippen LogP contribution in [0.2, 0.25) is 0 Å². The third-order valence-electron chi connectivity index (χ3n) is 6.24. The molecule has 2 aliphatic rings. The standard InChI is InChI=1S/C22H30N4O3/c27-18-8-6-17(7-9-18)25-21-23-13-16-5-4-15(12-19(16)26-21)20(28)24-14-22(29)10-2-1-3-11-22/h4-5,12-13,17-18,27,29H,1-3,6-11,14H2,(H,24,28)(H,23,25,26)/t17-,18-. The fraction of sp³-hybridized carbons (Fsp3) is 0.591. The summed E-state index contributed by atoms with van der Waals surface area (Å²) < 4.78 is 0. The van der Waals surface area contributed by atoms with Crippen molar-refractivity contribution in [1.82, 2.24) is 15.3 Å². The molecule has 7 nitrogen and oxygen atoms in total.